The van der Waals surface area contributed by atoms with Gasteiger partial charge in [0.25, 0.3) is 0 Å². The van der Waals surface area contributed by atoms with Crippen LogP contribution < -0.4 is 5.32 Å². The minimum absolute atomic E-state index is 0.0190. The number of carboxylic acid groups (broad SMARTS) is 1. The lowest BCUT2D eigenvalue weighted by atomic mass is 9.81. The van der Waals surface area contributed by atoms with Gasteiger partial charge in [0.1, 0.15) is 11.2 Å². The molecular weight excluding hydrogens is 322 g/mol. The van der Waals surface area contributed by atoms with Crippen LogP contribution in [0.4, 0.5) is 0 Å². The minimum atomic E-state index is -0.782. The summed E-state index contributed by atoms with van der Waals surface area (Å²) >= 11 is 0. The van der Waals surface area contributed by atoms with E-state index in [1.807, 2.05) is 17.0 Å². The molecule has 0 unspecified atom stereocenters. The first-order valence-corrected chi connectivity index (χ1v) is 9.06. The molecule has 3 aliphatic rings. The highest BCUT2D eigenvalue weighted by molar-refractivity contribution is 5.83. The van der Waals surface area contributed by atoms with E-state index in [9.17, 15) is 14.7 Å². The lowest BCUT2D eigenvalue weighted by Crippen LogP contribution is -2.44. The smallest absolute Gasteiger partial charge is 0.313 e. The molecular formula is C18H25N3O4. The predicted octanol–water partition coefficient (Wildman–Crippen LogP) is 0.624. The molecule has 7 heteroatoms. The SMILES string of the molecule is O=C(C1CCN(Cc2ccco2)CC1)N1C[C@@H]2CNC[C@]2(C(=O)O)C1. The van der Waals surface area contributed by atoms with Crippen molar-refractivity contribution in [3.05, 3.63) is 24.2 Å². The van der Waals surface area contributed by atoms with Crippen molar-refractivity contribution in [2.45, 2.75) is 19.4 Å². The molecule has 2 atom stereocenters. The summed E-state index contributed by atoms with van der Waals surface area (Å²) in [4.78, 5) is 28.8. The number of carbonyl (C=O) groups is 2. The first-order chi connectivity index (χ1) is 12.1. The molecule has 25 heavy (non-hydrogen) atoms. The van der Waals surface area contributed by atoms with Gasteiger partial charge in [-0.15, -0.1) is 0 Å². The zero-order valence-electron chi connectivity index (χ0n) is 14.3. The summed E-state index contributed by atoms with van der Waals surface area (Å²) in [5.74, 6) is 0.380. The zero-order chi connectivity index (χ0) is 17.4. The Balaban J connectivity index is 1.33. The number of piperidine rings is 1. The molecule has 3 saturated heterocycles. The van der Waals surface area contributed by atoms with Crippen LogP contribution in [0.5, 0.6) is 0 Å². The zero-order valence-corrected chi connectivity index (χ0v) is 14.3. The van der Waals surface area contributed by atoms with E-state index in [-0.39, 0.29) is 17.7 Å². The van der Waals surface area contributed by atoms with Crippen LogP contribution in [0.2, 0.25) is 0 Å². The van der Waals surface area contributed by atoms with Crippen LogP contribution in [0.25, 0.3) is 0 Å². The molecule has 3 aliphatic heterocycles. The fraction of sp³-hybridized carbons (Fsp3) is 0.667. The van der Waals surface area contributed by atoms with Gasteiger partial charge in [0, 0.05) is 38.0 Å². The maximum absolute atomic E-state index is 12.9. The third-order valence-electron chi connectivity index (χ3n) is 6.16. The Morgan fingerprint density at radius 1 is 1.36 bits per heavy atom. The molecule has 0 bridgehead atoms. The molecule has 3 fully saturated rings. The number of carboxylic acids is 1. The number of aliphatic carboxylic acids is 1. The molecule has 0 radical (unpaired) electrons. The Kier molecular flexibility index (Phi) is 4.29. The van der Waals surface area contributed by atoms with Crippen molar-refractivity contribution >= 4 is 11.9 Å². The highest BCUT2D eigenvalue weighted by Crippen LogP contribution is 2.40. The maximum Gasteiger partial charge on any atom is 0.313 e. The van der Waals surface area contributed by atoms with E-state index in [0.29, 0.717) is 26.2 Å². The number of nitrogens with one attached hydrogen (secondary N) is 1. The van der Waals surface area contributed by atoms with E-state index >= 15 is 0 Å². The van der Waals surface area contributed by atoms with Crippen LogP contribution in [-0.2, 0) is 16.1 Å². The van der Waals surface area contributed by atoms with Crippen molar-refractivity contribution in [2.24, 2.45) is 17.3 Å². The lowest BCUT2D eigenvalue weighted by molar-refractivity contribution is -0.149. The van der Waals surface area contributed by atoms with Gasteiger partial charge >= 0.3 is 5.97 Å². The van der Waals surface area contributed by atoms with Crippen molar-refractivity contribution < 1.29 is 19.1 Å². The quantitative estimate of drug-likeness (QED) is 0.831. The Morgan fingerprint density at radius 3 is 2.80 bits per heavy atom. The Hall–Kier alpha value is -1.86. The highest BCUT2D eigenvalue weighted by atomic mass is 16.4. The Bertz CT molecular complexity index is 639. The van der Waals surface area contributed by atoms with Crippen molar-refractivity contribution in [3.63, 3.8) is 0 Å². The topological polar surface area (TPSA) is 86.0 Å². The van der Waals surface area contributed by atoms with Crippen molar-refractivity contribution in [2.75, 3.05) is 39.3 Å². The van der Waals surface area contributed by atoms with Gasteiger partial charge in [0.05, 0.1) is 12.8 Å². The van der Waals surface area contributed by atoms with Crippen LogP contribution in [0.1, 0.15) is 18.6 Å². The van der Waals surface area contributed by atoms with E-state index in [1.165, 1.54) is 0 Å². The van der Waals surface area contributed by atoms with Crippen LogP contribution in [0.15, 0.2) is 22.8 Å². The van der Waals surface area contributed by atoms with Crippen molar-refractivity contribution in [1.29, 1.82) is 0 Å². The molecule has 7 nitrogen and oxygen atoms in total. The van der Waals surface area contributed by atoms with Crippen molar-refractivity contribution in [1.82, 2.24) is 15.1 Å². The number of hydrogen-bond acceptors (Lipinski definition) is 5. The summed E-state index contributed by atoms with van der Waals surface area (Å²) in [6.45, 7) is 4.62. The number of amides is 1. The third-order valence-corrected chi connectivity index (χ3v) is 6.16. The number of likely N-dealkylation sites (tertiary alicyclic amines) is 2. The van der Waals surface area contributed by atoms with Gasteiger partial charge < -0.3 is 19.7 Å². The summed E-state index contributed by atoms with van der Waals surface area (Å²) in [6.07, 6.45) is 3.35. The molecule has 4 rings (SSSR count). The molecule has 136 valence electrons. The number of carbonyl (C=O) groups excluding carboxylic acids is 1. The Labute approximate surface area is 147 Å². The van der Waals surface area contributed by atoms with Crippen molar-refractivity contribution in [3.8, 4) is 0 Å². The molecule has 0 saturated carbocycles. The fourth-order valence-electron chi connectivity index (χ4n) is 4.61. The number of hydrogen-bond donors (Lipinski definition) is 2. The van der Waals surface area contributed by atoms with Gasteiger partial charge in [-0.2, -0.15) is 0 Å². The molecule has 0 spiro atoms. The van der Waals surface area contributed by atoms with Gasteiger partial charge in [-0.05, 0) is 38.1 Å². The number of rotatable bonds is 4. The second-order valence-corrected chi connectivity index (χ2v) is 7.64. The molecule has 1 aromatic rings. The van der Waals surface area contributed by atoms with E-state index in [0.717, 1.165) is 38.2 Å². The molecule has 1 amide bonds. The van der Waals surface area contributed by atoms with E-state index in [1.54, 1.807) is 6.26 Å². The first-order valence-electron chi connectivity index (χ1n) is 9.06. The van der Waals surface area contributed by atoms with Gasteiger partial charge in [-0.1, -0.05) is 0 Å². The molecule has 0 aliphatic carbocycles. The predicted molar refractivity (Wildman–Crippen MR) is 89.7 cm³/mol. The van der Waals surface area contributed by atoms with Gasteiger partial charge in [0.15, 0.2) is 0 Å². The largest absolute Gasteiger partial charge is 0.481 e. The molecule has 4 heterocycles. The summed E-state index contributed by atoms with van der Waals surface area (Å²) in [6, 6.07) is 3.86. The van der Waals surface area contributed by atoms with Crippen LogP contribution >= 0.6 is 0 Å². The second kappa shape index (κ2) is 6.46. The van der Waals surface area contributed by atoms with Gasteiger partial charge in [0.2, 0.25) is 5.91 Å². The van der Waals surface area contributed by atoms with Crippen LogP contribution in [0.3, 0.4) is 0 Å². The third kappa shape index (κ3) is 2.95. The summed E-state index contributed by atoms with van der Waals surface area (Å²) < 4.78 is 5.39. The van der Waals surface area contributed by atoms with Gasteiger partial charge in [-0.25, -0.2) is 0 Å². The second-order valence-electron chi connectivity index (χ2n) is 7.64. The number of nitrogens with zero attached hydrogens (tertiary/aromatic N) is 2. The number of furan rings is 1. The summed E-state index contributed by atoms with van der Waals surface area (Å²) in [7, 11) is 0. The van der Waals surface area contributed by atoms with E-state index in [2.05, 4.69) is 10.2 Å². The molecule has 2 N–H and O–H groups in total. The Morgan fingerprint density at radius 2 is 2.16 bits per heavy atom. The molecule has 0 aromatic carbocycles. The average Bonchev–Trinajstić information content (AvgIpc) is 3.30. The van der Waals surface area contributed by atoms with E-state index < -0.39 is 11.4 Å². The average molecular weight is 347 g/mol. The van der Waals surface area contributed by atoms with Crippen LogP contribution in [-0.4, -0.2) is 66.1 Å². The fourth-order valence-corrected chi connectivity index (χ4v) is 4.61. The van der Waals surface area contributed by atoms with E-state index in [4.69, 9.17) is 4.42 Å². The summed E-state index contributed by atoms with van der Waals surface area (Å²) in [5, 5.41) is 12.8. The maximum atomic E-state index is 12.9. The minimum Gasteiger partial charge on any atom is -0.481 e. The standard InChI is InChI=1S/C18H25N3O4/c22-16(21-9-14-8-19-11-18(14,12-21)17(23)24)13-3-5-20(6-4-13)10-15-2-1-7-25-15/h1-2,7,13-14,19H,3-6,8-12H2,(H,23,24)/t14-,18-/m0/s1. The summed E-state index contributed by atoms with van der Waals surface area (Å²) in [5.41, 5.74) is -0.782. The first kappa shape index (κ1) is 16.6. The van der Waals surface area contributed by atoms with Crippen LogP contribution in [0, 0.1) is 17.3 Å². The monoisotopic (exact) mass is 347 g/mol. The normalized spacial score (nSPS) is 30.6. The lowest BCUT2D eigenvalue weighted by Gasteiger charge is -2.33. The molecule has 1 aromatic heterocycles. The number of fused-ring (bicyclic) bond motifs is 1. The highest BCUT2D eigenvalue weighted by Gasteiger charge is 2.56. The van der Waals surface area contributed by atoms with Gasteiger partial charge in [-0.3, -0.25) is 14.5 Å².